The van der Waals surface area contributed by atoms with Crippen molar-refractivity contribution in [3.8, 4) is 90.6 Å². The highest BCUT2D eigenvalue weighted by Crippen LogP contribution is 2.56. The second kappa shape index (κ2) is 15.1. The largest absolute Gasteiger partial charge is 0.208 e. The van der Waals surface area contributed by atoms with Crippen LogP contribution in [0, 0.1) is 0 Å². The van der Waals surface area contributed by atoms with E-state index >= 15 is 0 Å². The Morgan fingerprint density at radius 3 is 1.23 bits per heavy atom. The van der Waals surface area contributed by atoms with E-state index in [-0.39, 0.29) is 5.41 Å². The third-order valence-electron chi connectivity index (χ3n) is 12.2. The van der Waals surface area contributed by atoms with Gasteiger partial charge >= 0.3 is 0 Å². The van der Waals surface area contributed by atoms with E-state index in [4.69, 9.17) is 29.9 Å². The summed E-state index contributed by atoms with van der Waals surface area (Å²) in [7, 11) is 0. The molecule has 0 atom stereocenters. The Hall–Kier alpha value is -7.44. The Balaban J connectivity index is 1.04. The molecule has 1 saturated carbocycles. The van der Waals surface area contributed by atoms with Crippen LogP contribution in [0.3, 0.4) is 0 Å². The van der Waals surface area contributed by atoms with Gasteiger partial charge < -0.3 is 0 Å². The molecule has 60 heavy (non-hydrogen) atoms. The first-order valence-electron chi connectivity index (χ1n) is 20.8. The van der Waals surface area contributed by atoms with Crippen LogP contribution in [0.1, 0.15) is 43.2 Å². The summed E-state index contributed by atoms with van der Waals surface area (Å²) in [5.74, 6) is 3.59. The Labute approximate surface area is 349 Å². The molecule has 7 aromatic carbocycles. The van der Waals surface area contributed by atoms with Gasteiger partial charge in [-0.2, -0.15) is 0 Å². The molecule has 2 aromatic heterocycles. The molecule has 0 unspecified atom stereocenters. The molecule has 0 saturated heterocycles. The van der Waals surface area contributed by atoms with Crippen molar-refractivity contribution < 1.29 is 0 Å². The van der Waals surface area contributed by atoms with E-state index in [9.17, 15) is 0 Å². The molecule has 0 N–H and O–H groups in total. The number of rotatable bonds is 7. The lowest BCUT2D eigenvalue weighted by molar-refractivity contribution is 0.353. The summed E-state index contributed by atoms with van der Waals surface area (Å²) < 4.78 is 0. The number of benzene rings is 7. The van der Waals surface area contributed by atoms with Crippen molar-refractivity contribution in [3.05, 3.63) is 193 Å². The summed E-state index contributed by atoms with van der Waals surface area (Å²) in [6.45, 7) is 0. The van der Waals surface area contributed by atoms with Crippen molar-refractivity contribution in [1.29, 1.82) is 0 Å². The summed E-state index contributed by atoms with van der Waals surface area (Å²) >= 11 is 0. The molecule has 1 spiro atoms. The van der Waals surface area contributed by atoms with Gasteiger partial charge in [0, 0.05) is 38.8 Å². The fraction of sp³-hybridized carbons (Fsp3) is 0.111. The zero-order chi connectivity index (χ0) is 39.9. The summed E-state index contributed by atoms with van der Waals surface area (Å²) in [5, 5.41) is 0. The molecule has 2 aliphatic carbocycles. The normalized spacial score (nSPS) is 13.8. The molecular formula is C54H40N6. The second-order valence-corrected chi connectivity index (χ2v) is 15.8. The van der Waals surface area contributed by atoms with E-state index in [0.717, 1.165) is 38.9 Å². The van der Waals surface area contributed by atoms with E-state index in [1.54, 1.807) is 0 Å². The topological polar surface area (TPSA) is 77.3 Å². The monoisotopic (exact) mass is 772 g/mol. The Morgan fingerprint density at radius 1 is 0.267 bits per heavy atom. The fourth-order valence-corrected chi connectivity index (χ4v) is 9.32. The molecule has 0 amide bonds. The van der Waals surface area contributed by atoms with Crippen molar-refractivity contribution >= 4 is 0 Å². The van der Waals surface area contributed by atoms with Crippen LogP contribution in [0.15, 0.2) is 182 Å². The molecule has 11 rings (SSSR count). The number of hydrogen-bond donors (Lipinski definition) is 0. The van der Waals surface area contributed by atoms with E-state index < -0.39 is 0 Å². The smallest absolute Gasteiger partial charge is 0.164 e. The summed E-state index contributed by atoms with van der Waals surface area (Å²) in [6, 6.07) is 63.1. The van der Waals surface area contributed by atoms with Crippen LogP contribution in [0.4, 0.5) is 0 Å². The van der Waals surface area contributed by atoms with Gasteiger partial charge in [0.1, 0.15) is 0 Å². The highest BCUT2D eigenvalue weighted by Gasteiger charge is 2.43. The Morgan fingerprint density at radius 2 is 0.683 bits per heavy atom. The van der Waals surface area contributed by atoms with Gasteiger partial charge in [-0.1, -0.05) is 189 Å². The number of aromatic nitrogens is 6. The molecular weight excluding hydrogens is 733 g/mol. The Kier molecular flexibility index (Phi) is 8.96. The van der Waals surface area contributed by atoms with Gasteiger partial charge in [-0.05, 0) is 58.4 Å². The number of nitrogens with zero attached hydrogens (tertiary/aromatic N) is 6. The van der Waals surface area contributed by atoms with Crippen LogP contribution in [0.2, 0.25) is 0 Å². The second-order valence-electron chi connectivity index (χ2n) is 15.8. The highest BCUT2D eigenvalue weighted by molar-refractivity contribution is 5.88. The predicted octanol–water partition coefficient (Wildman–Crippen LogP) is 13.0. The molecule has 6 heteroatoms. The zero-order valence-corrected chi connectivity index (χ0v) is 33.0. The molecule has 286 valence electrons. The highest BCUT2D eigenvalue weighted by atomic mass is 15.0. The standard InChI is InChI=1S/C54H40N6/c1-5-18-36(19-6-1)48-55-49(37-20-7-2-8-21-37)57-51(56-48)40-24-17-25-41(34-40)52-58-50(38-22-9-3-10-23-38)59-53(60-52)45-28-12-11-26-42(45)39-30-31-44-43-27-13-14-29-46(43)54(47(44)35-39)32-15-4-16-33-54/h1-3,5-14,17-31,34-35H,4,15-16,32-33H2. The number of fused-ring (bicyclic) bond motifs is 5. The van der Waals surface area contributed by atoms with Crippen molar-refractivity contribution in [2.75, 3.05) is 0 Å². The van der Waals surface area contributed by atoms with Crippen LogP contribution < -0.4 is 0 Å². The summed E-state index contributed by atoms with van der Waals surface area (Å²) in [4.78, 5) is 30.5. The molecule has 9 aromatic rings. The van der Waals surface area contributed by atoms with Crippen LogP contribution >= 0.6 is 0 Å². The van der Waals surface area contributed by atoms with Crippen LogP contribution in [0.25, 0.3) is 90.6 Å². The first-order valence-corrected chi connectivity index (χ1v) is 20.8. The van der Waals surface area contributed by atoms with Crippen molar-refractivity contribution in [2.45, 2.75) is 37.5 Å². The summed E-state index contributed by atoms with van der Waals surface area (Å²) in [6.07, 6.45) is 6.17. The van der Waals surface area contributed by atoms with Gasteiger partial charge in [-0.15, -0.1) is 0 Å². The van der Waals surface area contributed by atoms with Crippen LogP contribution in [-0.2, 0) is 5.41 Å². The molecule has 1 fully saturated rings. The minimum absolute atomic E-state index is 0.0587. The molecule has 0 bridgehead atoms. The van der Waals surface area contributed by atoms with Crippen molar-refractivity contribution in [2.24, 2.45) is 0 Å². The van der Waals surface area contributed by atoms with E-state index in [1.165, 1.54) is 59.9 Å². The van der Waals surface area contributed by atoms with Crippen LogP contribution in [0.5, 0.6) is 0 Å². The minimum atomic E-state index is 0.0587. The Bertz CT molecular complexity index is 2960. The number of hydrogen-bond acceptors (Lipinski definition) is 6. The predicted molar refractivity (Wildman–Crippen MR) is 241 cm³/mol. The lowest BCUT2D eigenvalue weighted by Crippen LogP contribution is -2.28. The van der Waals surface area contributed by atoms with E-state index in [0.29, 0.717) is 34.9 Å². The fourth-order valence-electron chi connectivity index (χ4n) is 9.32. The van der Waals surface area contributed by atoms with Crippen molar-refractivity contribution in [3.63, 3.8) is 0 Å². The van der Waals surface area contributed by atoms with Crippen LogP contribution in [-0.4, -0.2) is 29.9 Å². The van der Waals surface area contributed by atoms with Gasteiger partial charge in [0.25, 0.3) is 0 Å². The average molecular weight is 773 g/mol. The minimum Gasteiger partial charge on any atom is -0.208 e. The van der Waals surface area contributed by atoms with Gasteiger partial charge in [0.15, 0.2) is 34.9 Å². The average Bonchev–Trinajstić information content (AvgIpc) is 3.59. The quantitative estimate of drug-likeness (QED) is 0.161. The lowest BCUT2D eigenvalue weighted by atomic mass is 9.67. The molecule has 2 aliphatic rings. The van der Waals surface area contributed by atoms with Gasteiger partial charge in [0.05, 0.1) is 0 Å². The third kappa shape index (κ3) is 6.38. The molecule has 2 heterocycles. The lowest BCUT2D eigenvalue weighted by Gasteiger charge is -2.36. The SMILES string of the molecule is c1ccc(-c2nc(-c3ccccc3)nc(-c3cccc(-c4nc(-c5ccccc5)nc(-c5ccccc5-c5ccc6c(c5)C5(CCCCC5)c5ccccc5-6)n4)c3)n2)cc1. The van der Waals surface area contributed by atoms with Gasteiger partial charge in [-0.3, -0.25) is 0 Å². The van der Waals surface area contributed by atoms with E-state index in [1.807, 2.05) is 109 Å². The van der Waals surface area contributed by atoms with Gasteiger partial charge in [0.2, 0.25) is 0 Å². The molecule has 0 aliphatic heterocycles. The maximum Gasteiger partial charge on any atom is 0.164 e. The maximum absolute atomic E-state index is 5.26. The molecule has 6 nitrogen and oxygen atoms in total. The third-order valence-corrected chi connectivity index (χ3v) is 12.2. The van der Waals surface area contributed by atoms with Crippen molar-refractivity contribution in [1.82, 2.24) is 29.9 Å². The summed E-state index contributed by atoms with van der Waals surface area (Å²) in [5.41, 5.74) is 13.4. The van der Waals surface area contributed by atoms with Gasteiger partial charge in [-0.25, -0.2) is 29.9 Å². The first kappa shape index (κ1) is 35.7. The molecule has 0 radical (unpaired) electrons. The first-order chi connectivity index (χ1) is 29.7. The zero-order valence-electron chi connectivity index (χ0n) is 33.0. The van der Waals surface area contributed by atoms with E-state index in [2.05, 4.69) is 72.8 Å². The maximum atomic E-state index is 5.26.